The van der Waals surface area contributed by atoms with Crippen molar-refractivity contribution in [3.63, 3.8) is 0 Å². The highest BCUT2D eigenvalue weighted by molar-refractivity contribution is 9.11. The first kappa shape index (κ1) is 16.0. The highest BCUT2D eigenvalue weighted by atomic mass is 79.9. The van der Waals surface area contributed by atoms with Gasteiger partial charge in [-0.15, -0.1) is 11.3 Å². The van der Waals surface area contributed by atoms with Gasteiger partial charge in [0.15, 0.2) is 0 Å². The summed E-state index contributed by atoms with van der Waals surface area (Å²) >= 11 is 5.03. The number of hydrogen-bond donors (Lipinski definition) is 3. The molecule has 0 spiro atoms. The van der Waals surface area contributed by atoms with Crippen LogP contribution >= 0.6 is 27.3 Å². The highest BCUT2D eigenvalue weighted by Crippen LogP contribution is 2.21. The third kappa shape index (κ3) is 6.58. The lowest BCUT2D eigenvalue weighted by Crippen LogP contribution is -2.37. The van der Waals surface area contributed by atoms with Crippen molar-refractivity contribution in [3.8, 4) is 0 Å². The summed E-state index contributed by atoms with van der Waals surface area (Å²) < 4.78 is 1.08. The number of carboxylic acids is 1. The first-order chi connectivity index (χ1) is 8.99. The van der Waals surface area contributed by atoms with Gasteiger partial charge in [0.1, 0.15) is 0 Å². The third-order valence-electron chi connectivity index (χ3n) is 2.57. The van der Waals surface area contributed by atoms with Crippen LogP contribution in [-0.4, -0.2) is 30.2 Å². The van der Waals surface area contributed by atoms with Crippen LogP contribution < -0.4 is 10.6 Å². The van der Waals surface area contributed by atoms with E-state index in [1.54, 1.807) is 18.3 Å². The maximum Gasteiger partial charge on any atom is 0.314 e. The SMILES string of the molecule is CC(CCNC(=O)NCCc1ccc(Br)s1)C(=O)O. The second kappa shape index (κ2) is 8.16. The van der Waals surface area contributed by atoms with Crippen LogP contribution in [0.3, 0.4) is 0 Å². The number of nitrogens with one attached hydrogen (secondary N) is 2. The maximum absolute atomic E-state index is 11.4. The van der Waals surface area contributed by atoms with Crippen molar-refractivity contribution in [3.05, 3.63) is 20.8 Å². The summed E-state index contributed by atoms with van der Waals surface area (Å²) in [7, 11) is 0. The van der Waals surface area contributed by atoms with E-state index in [9.17, 15) is 9.59 Å². The molecule has 0 bridgehead atoms. The Morgan fingerprint density at radius 2 is 2.05 bits per heavy atom. The zero-order valence-electron chi connectivity index (χ0n) is 10.6. The molecule has 0 saturated carbocycles. The summed E-state index contributed by atoms with van der Waals surface area (Å²) in [4.78, 5) is 23.2. The first-order valence-corrected chi connectivity index (χ1v) is 7.58. The normalized spacial score (nSPS) is 11.9. The van der Waals surface area contributed by atoms with Crippen LogP contribution in [0.1, 0.15) is 18.2 Å². The number of carbonyl (C=O) groups excluding carboxylic acids is 1. The van der Waals surface area contributed by atoms with E-state index in [1.807, 2.05) is 12.1 Å². The number of amides is 2. The minimum absolute atomic E-state index is 0.256. The number of aliphatic carboxylic acids is 1. The first-order valence-electron chi connectivity index (χ1n) is 5.97. The van der Waals surface area contributed by atoms with Gasteiger partial charge in [0.25, 0.3) is 0 Å². The van der Waals surface area contributed by atoms with E-state index in [1.165, 1.54) is 4.88 Å². The van der Waals surface area contributed by atoms with Gasteiger partial charge >= 0.3 is 12.0 Å². The monoisotopic (exact) mass is 348 g/mol. The number of carbonyl (C=O) groups is 2. The summed E-state index contributed by atoms with van der Waals surface area (Å²) in [6.45, 7) is 2.55. The molecule has 1 rings (SSSR count). The quantitative estimate of drug-likeness (QED) is 0.708. The Kier molecular flexibility index (Phi) is 6.86. The molecule has 0 aliphatic rings. The summed E-state index contributed by atoms with van der Waals surface area (Å²) in [6.07, 6.45) is 1.22. The third-order valence-corrected chi connectivity index (χ3v) is 4.25. The number of rotatable bonds is 7. The van der Waals surface area contributed by atoms with Crippen LogP contribution in [0.15, 0.2) is 15.9 Å². The standard InChI is InChI=1S/C12H17BrN2O3S/c1-8(11(16)17)4-6-14-12(18)15-7-5-9-2-3-10(13)19-9/h2-3,8H,4-7H2,1H3,(H,16,17)(H2,14,15,18). The second-order valence-corrected chi connectivity index (χ2v) is 6.71. The molecule has 0 saturated heterocycles. The molecule has 1 aromatic heterocycles. The average molecular weight is 349 g/mol. The fraction of sp³-hybridized carbons (Fsp3) is 0.500. The molecule has 106 valence electrons. The Labute approximate surface area is 124 Å². The summed E-state index contributed by atoms with van der Waals surface area (Å²) in [6, 6.07) is 3.74. The molecule has 0 aliphatic carbocycles. The molecule has 0 aliphatic heterocycles. The smallest absolute Gasteiger partial charge is 0.314 e. The highest BCUT2D eigenvalue weighted by Gasteiger charge is 2.10. The summed E-state index contributed by atoms with van der Waals surface area (Å²) in [5.74, 6) is -1.28. The van der Waals surface area contributed by atoms with Crippen LogP contribution in [0.5, 0.6) is 0 Å². The number of halogens is 1. The molecule has 0 radical (unpaired) electrons. The molecule has 5 nitrogen and oxygen atoms in total. The van der Waals surface area contributed by atoms with Crippen molar-refractivity contribution in [2.24, 2.45) is 5.92 Å². The Morgan fingerprint density at radius 3 is 2.63 bits per heavy atom. The van der Waals surface area contributed by atoms with Crippen LogP contribution in [0.2, 0.25) is 0 Å². The van der Waals surface area contributed by atoms with Gasteiger partial charge in [-0.3, -0.25) is 4.79 Å². The molecule has 1 heterocycles. The Bertz CT molecular complexity index is 436. The minimum atomic E-state index is -0.842. The minimum Gasteiger partial charge on any atom is -0.481 e. The molecule has 1 aromatic rings. The van der Waals surface area contributed by atoms with Gasteiger partial charge in [0.05, 0.1) is 9.70 Å². The lowest BCUT2D eigenvalue weighted by Gasteiger charge is -2.08. The molecular formula is C12H17BrN2O3S. The maximum atomic E-state index is 11.4. The van der Waals surface area contributed by atoms with E-state index in [0.717, 1.165) is 10.2 Å². The predicted octanol–water partition coefficient (Wildman–Crippen LogP) is 2.46. The molecule has 1 atom stereocenters. The molecule has 0 fully saturated rings. The Morgan fingerprint density at radius 1 is 1.37 bits per heavy atom. The van der Waals surface area contributed by atoms with Crippen LogP contribution in [-0.2, 0) is 11.2 Å². The van der Waals surface area contributed by atoms with Gasteiger partial charge in [0, 0.05) is 18.0 Å². The number of carboxylic acid groups (broad SMARTS) is 1. The van der Waals surface area contributed by atoms with E-state index >= 15 is 0 Å². The second-order valence-electron chi connectivity index (χ2n) is 4.17. The number of thiophene rings is 1. The topological polar surface area (TPSA) is 78.4 Å². The van der Waals surface area contributed by atoms with Crippen molar-refractivity contribution in [1.29, 1.82) is 0 Å². The molecule has 7 heteroatoms. The van der Waals surface area contributed by atoms with E-state index in [-0.39, 0.29) is 6.03 Å². The van der Waals surface area contributed by atoms with Gasteiger partial charge in [-0.2, -0.15) is 0 Å². The zero-order valence-corrected chi connectivity index (χ0v) is 13.0. The van der Waals surface area contributed by atoms with Crippen molar-refractivity contribution in [2.45, 2.75) is 19.8 Å². The van der Waals surface area contributed by atoms with E-state index in [0.29, 0.717) is 19.5 Å². The van der Waals surface area contributed by atoms with Gasteiger partial charge in [-0.1, -0.05) is 6.92 Å². The Balaban J connectivity index is 2.10. The van der Waals surface area contributed by atoms with E-state index in [4.69, 9.17) is 5.11 Å². The van der Waals surface area contributed by atoms with Crippen molar-refractivity contribution >= 4 is 39.3 Å². The molecular weight excluding hydrogens is 332 g/mol. The lowest BCUT2D eigenvalue weighted by molar-refractivity contribution is -0.141. The zero-order chi connectivity index (χ0) is 14.3. The molecule has 3 N–H and O–H groups in total. The predicted molar refractivity (Wildman–Crippen MR) is 78.5 cm³/mol. The van der Waals surface area contributed by atoms with E-state index in [2.05, 4.69) is 26.6 Å². The molecule has 1 unspecified atom stereocenters. The van der Waals surface area contributed by atoms with E-state index < -0.39 is 11.9 Å². The Hall–Kier alpha value is -1.08. The van der Waals surface area contributed by atoms with Crippen molar-refractivity contribution in [2.75, 3.05) is 13.1 Å². The van der Waals surface area contributed by atoms with Crippen molar-refractivity contribution < 1.29 is 14.7 Å². The number of hydrogen-bond acceptors (Lipinski definition) is 3. The fourth-order valence-electron chi connectivity index (χ4n) is 1.37. The molecule has 2 amide bonds. The fourth-order valence-corrected chi connectivity index (χ4v) is 2.86. The summed E-state index contributed by atoms with van der Waals surface area (Å²) in [5.41, 5.74) is 0. The van der Waals surface area contributed by atoms with Gasteiger partial charge in [-0.05, 0) is 40.9 Å². The van der Waals surface area contributed by atoms with Crippen molar-refractivity contribution in [1.82, 2.24) is 10.6 Å². The average Bonchev–Trinajstić information content (AvgIpc) is 2.74. The van der Waals surface area contributed by atoms with Gasteiger partial charge in [-0.25, -0.2) is 4.79 Å². The lowest BCUT2D eigenvalue weighted by atomic mass is 10.1. The largest absolute Gasteiger partial charge is 0.481 e. The van der Waals surface area contributed by atoms with Crippen LogP contribution in [0.4, 0.5) is 4.79 Å². The van der Waals surface area contributed by atoms with Crippen LogP contribution in [0.25, 0.3) is 0 Å². The van der Waals surface area contributed by atoms with Gasteiger partial charge in [0.2, 0.25) is 0 Å². The number of urea groups is 1. The molecule has 0 aromatic carbocycles. The summed E-state index contributed by atoms with van der Waals surface area (Å²) in [5, 5.41) is 14.1. The molecule has 19 heavy (non-hydrogen) atoms. The van der Waals surface area contributed by atoms with Crippen LogP contribution in [0, 0.1) is 5.92 Å². The van der Waals surface area contributed by atoms with Gasteiger partial charge < -0.3 is 15.7 Å².